The second kappa shape index (κ2) is 5.95. The predicted molar refractivity (Wildman–Crippen MR) is 68.8 cm³/mol. The van der Waals surface area contributed by atoms with Crippen molar-refractivity contribution in [3.05, 3.63) is 0 Å². The first kappa shape index (κ1) is 15.7. The quantitative estimate of drug-likeness (QED) is 0.727. The van der Waals surface area contributed by atoms with E-state index in [-0.39, 0.29) is 12.5 Å². The van der Waals surface area contributed by atoms with Gasteiger partial charge in [-0.15, -0.1) is 0 Å². The van der Waals surface area contributed by atoms with E-state index in [9.17, 15) is 9.90 Å². The maximum atomic E-state index is 12.1. The van der Waals surface area contributed by atoms with Crippen LogP contribution in [0.2, 0.25) is 0 Å². The molecule has 0 saturated carbocycles. The lowest BCUT2D eigenvalue weighted by atomic mass is 10.1. The third kappa shape index (κ3) is 3.12. The van der Waals surface area contributed by atoms with Crippen molar-refractivity contribution in [3.8, 4) is 0 Å². The summed E-state index contributed by atoms with van der Waals surface area (Å²) >= 11 is 0. The van der Waals surface area contributed by atoms with E-state index in [0.717, 1.165) is 0 Å². The molecule has 116 valence electrons. The second-order valence-electron chi connectivity index (χ2n) is 5.53. The van der Waals surface area contributed by atoms with Crippen molar-refractivity contribution in [1.82, 2.24) is 5.32 Å². The molecular weight excluding hydrogens is 266 g/mol. The Morgan fingerprint density at radius 1 is 1.40 bits per heavy atom. The molecule has 1 unspecified atom stereocenters. The maximum Gasteiger partial charge on any atom is 0.252 e. The topological polar surface area (TPSA) is 86.3 Å². The normalized spacial score (nSPS) is 36.6. The molecule has 2 N–H and O–H groups in total. The Morgan fingerprint density at radius 2 is 2.05 bits per heavy atom. The molecule has 0 bridgehead atoms. The van der Waals surface area contributed by atoms with Gasteiger partial charge in [0.15, 0.2) is 18.2 Å². The first-order valence-corrected chi connectivity index (χ1v) is 6.87. The number of fused-ring (bicyclic) bond motifs is 1. The van der Waals surface area contributed by atoms with Crippen LogP contribution in [-0.2, 0) is 23.7 Å². The van der Waals surface area contributed by atoms with Crippen LogP contribution in [0.1, 0.15) is 27.2 Å². The molecule has 5 atom stereocenters. The van der Waals surface area contributed by atoms with E-state index in [1.807, 2.05) is 6.92 Å². The summed E-state index contributed by atoms with van der Waals surface area (Å²) in [6.45, 7) is 5.60. The molecule has 2 rings (SSSR count). The van der Waals surface area contributed by atoms with Crippen LogP contribution < -0.4 is 5.32 Å². The molecule has 0 aromatic carbocycles. The molecule has 2 fully saturated rings. The van der Waals surface area contributed by atoms with Gasteiger partial charge in [-0.05, 0) is 20.3 Å². The summed E-state index contributed by atoms with van der Waals surface area (Å²) < 4.78 is 22.1. The van der Waals surface area contributed by atoms with Gasteiger partial charge in [0.05, 0.1) is 6.10 Å². The summed E-state index contributed by atoms with van der Waals surface area (Å²) in [5.74, 6) is -1.09. The Hall–Kier alpha value is -0.730. The summed E-state index contributed by atoms with van der Waals surface area (Å²) in [6, 6.07) is 0. The van der Waals surface area contributed by atoms with Crippen LogP contribution in [0.3, 0.4) is 0 Å². The molecule has 7 heteroatoms. The van der Waals surface area contributed by atoms with E-state index in [0.29, 0.717) is 6.42 Å². The maximum absolute atomic E-state index is 12.1. The summed E-state index contributed by atoms with van der Waals surface area (Å²) in [7, 11) is 1.50. The minimum Gasteiger partial charge on any atom is -0.391 e. The number of hydrogen-bond donors (Lipinski definition) is 2. The summed E-state index contributed by atoms with van der Waals surface area (Å²) in [4.78, 5) is 12.1. The zero-order valence-corrected chi connectivity index (χ0v) is 12.3. The van der Waals surface area contributed by atoms with Crippen LogP contribution in [0, 0.1) is 0 Å². The van der Waals surface area contributed by atoms with Crippen molar-refractivity contribution in [1.29, 1.82) is 0 Å². The molecular formula is C13H23NO6. The van der Waals surface area contributed by atoms with Gasteiger partial charge < -0.3 is 29.4 Å². The van der Waals surface area contributed by atoms with Crippen molar-refractivity contribution in [3.63, 3.8) is 0 Å². The van der Waals surface area contributed by atoms with Crippen LogP contribution in [0.5, 0.6) is 0 Å². The van der Waals surface area contributed by atoms with Crippen molar-refractivity contribution >= 4 is 5.91 Å². The van der Waals surface area contributed by atoms with Gasteiger partial charge >= 0.3 is 0 Å². The van der Waals surface area contributed by atoms with E-state index in [2.05, 4.69) is 5.32 Å². The van der Waals surface area contributed by atoms with Gasteiger partial charge in [-0.1, -0.05) is 6.92 Å². The first-order chi connectivity index (χ1) is 9.38. The van der Waals surface area contributed by atoms with Crippen molar-refractivity contribution < 1.29 is 28.8 Å². The Balaban J connectivity index is 1.99. The van der Waals surface area contributed by atoms with Crippen molar-refractivity contribution in [2.75, 3.05) is 13.7 Å². The van der Waals surface area contributed by atoms with Crippen LogP contribution in [-0.4, -0.2) is 61.2 Å². The average Bonchev–Trinajstić information content (AvgIpc) is 2.88. The Bertz CT molecular complexity index is 361. The summed E-state index contributed by atoms with van der Waals surface area (Å²) in [5, 5.41) is 12.1. The van der Waals surface area contributed by atoms with Crippen molar-refractivity contribution in [2.24, 2.45) is 0 Å². The number of carbonyl (C=O) groups is 1. The molecule has 2 heterocycles. The first-order valence-electron chi connectivity index (χ1n) is 6.87. The predicted octanol–water partition coefficient (Wildman–Crippen LogP) is -0.235. The number of carbonyl (C=O) groups excluding carboxylic acids is 1. The minimum absolute atomic E-state index is 0.189. The molecule has 0 aliphatic carbocycles. The van der Waals surface area contributed by atoms with Gasteiger partial charge in [0, 0.05) is 13.7 Å². The van der Waals surface area contributed by atoms with Gasteiger partial charge in [0.25, 0.3) is 5.91 Å². The fourth-order valence-corrected chi connectivity index (χ4v) is 2.43. The van der Waals surface area contributed by atoms with Crippen LogP contribution in [0.4, 0.5) is 0 Å². The van der Waals surface area contributed by atoms with Gasteiger partial charge in [-0.2, -0.15) is 0 Å². The second-order valence-corrected chi connectivity index (χ2v) is 5.53. The smallest absolute Gasteiger partial charge is 0.252 e. The van der Waals surface area contributed by atoms with Gasteiger partial charge in [-0.3, -0.25) is 4.79 Å². The summed E-state index contributed by atoms with van der Waals surface area (Å²) in [5.41, 5.74) is 0. The molecule has 0 aromatic heterocycles. The van der Waals surface area contributed by atoms with E-state index in [1.165, 1.54) is 7.11 Å². The molecule has 2 aliphatic rings. The molecule has 0 spiro atoms. The standard InChI is InChI=1S/C13H23NO6/c1-5-7(15)6-14-11(16)9-8-10(12(17-4)18-9)20-13(2,3)19-8/h7-10,12,15H,5-6H2,1-4H3,(H,14,16)/t7?,8-,9-,10+,12+/m0/s1. The lowest BCUT2D eigenvalue weighted by Crippen LogP contribution is -2.45. The van der Waals surface area contributed by atoms with E-state index in [4.69, 9.17) is 18.9 Å². The lowest BCUT2D eigenvalue weighted by Gasteiger charge is -2.23. The van der Waals surface area contributed by atoms with Gasteiger partial charge in [-0.25, -0.2) is 0 Å². The SMILES string of the molecule is CCC(O)CNC(=O)[C@H]1O[C@@H](OC)[C@@H]2OC(C)(C)O[C@H]21. The fourth-order valence-electron chi connectivity index (χ4n) is 2.43. The fraction of sp³-hybridized carbons (Fsp3) is 0.923. The highest BCUT2D eigenvalue weighted by Gasteiger charge is 2.57. The summed E-state index contributed by atoms with van der Waals surface area (Å²) in [6.07, 6.45) is -2.35. The highest BCUT2D eigenvalue weighted by Crippen LogP contribution is 2.38. The van der Waals surface area contributed by atoms with Gasteiger partial charge in [0.2, 0.25) is 0 Å². The molecule has 2 saturated heterocycles. The Kier molecular flexibility index (Phi) is 4.66. The van der Waals surface area contributed by atoms with E-state index >= 15 is 0 Å². The molecule has 2 aliphatic heterocycles. The number of hydrogen-bond acceptors (Lipinski definition) is 6. The zero-order valence-electron chi connectivity index (χ0n) is 12.3. The van der Waals surface area contributed by atoms with Crippen LogP contribution >= 0.6 is 0 Å². The highest BCUT2D eigenvalue weighted by atomic mass is 16.8. The van der Waals surface area contributed by atoms with E-state index in [1.54, 1.807) is 13.8 Å². The third-order valence-electron chi connectivity index (χ3n) is 3.48. The number of ether oxygens (including phenoxy) is 4. The number of rotatable bonds is 5. The number of nitrogens with one attached hydrogen (secondary N) is 1. The zero-order chi connectivity index (χ0) is 14.9. The number of aliphatic hydroxyl groups excluding tert-OH is 1. The lowest BCUT2D eigenvalue weighted by molar-refractivity contribution is -0.225. The average molecular weight is 289 g/mol. The van der Waals surface area contributed by atoms with Crippen molar-refractivity contribution in [2.45, 2.75) is 63.7 Å². The highest BCUT2D eigenvalue weighted by molar-refractivity contribution is 5.82. The minimum atomic E-state index is -0.796. The largest absolute Gasteiger partial charge is 0.391 e. The number of amides is 1. The number of aliphatic hydroxyl groups is 1. The van der Waals surface area contributed by atoms with Gasteiger partial charge in [0.1, 0.15) is 12.2 Å². The Morgan fingerprint density at radius 3 is 2.65 bits per heavy atom. The monoisotopic (exact) mass is 289 g/mol. The molecule has 20 heavy (non-hydrogen) atoms. The molecule has 0 radical (unpaired) electrons. The molecule has 0 aromatic rings. The third-order valence-corrected chi connectivity index (χ3v) is 3.48. The van der Waals surface area contributed by atoms with Crippen LogP contribution in [0.15, 0.2) is 0 Å². The Labute approximate surface area is 118 Å². The molecule has 7 nitrogen and oxygen atoms in total. The molecule has 1 amide bonds. The van der Waals surface area contributed by atoms with E-state index < -0.39 is 36.5 Å². The van der Waals surface area contributed by atoms with Crippen LogP contribution in [0.25, 0.3) is 0 Å². The number of methoxy groups -OCH3 is 1.